The number of carbonyl (C=O) groups excluding carboxylic acids is 1. The third-order valence-electron chi connectivity index (χ3n) is 3.80. The van der Waals surface area contributed by atoms with Crippen molar-refractivity contribution in [3.63, 3.8) is 0 Å². The van der Waals surface area contributed by atoms with E-state index < -0.39 is 12.0 Å². The van der Waals surface area contributed by atoms with Gasteiger partial charge in [0.25, 0.3) is 0 Å². The normalized spacial score (nSPS) is 17.2. The van der Waals surface area contributed by atoms with Crippen molar-refractivity contribution in [2.45, 2.75) is 57.9 Å². The van der Waals surface area contributed by atoms with Crippen molar-refractivity contribution in [3.05, 3.63) is 0 Å². The van der Waals surface area contributed by atoms with E-state index in [1.54, 1.807) is 11.9 Å². The average Bonchev–Trinajstić information content (AvgIpc) is 2.86. The van der Waals surface area contributed by atoms with E-state index in [-0.39, 0.29) is 6.03 Å². The van der Waals surface area contributed by atoms with Crippen LogP contribution in [0.4, 0.5) is 4.79 Å². The number of carbonyl (C=O) groups is 2. The first-order valence-corrected chi connectivity index (χ1v) is 7.29. The van der Waals surface area contributed by atoms with Crippen molar-refractivity contribution < 1.29 is 14.7 Å². The Balaban J connectivity index is 2.38. The van der Waals surface area contributed by atoms with Gasteiger partial charge in [-0.15, -0.1) is 0 Å². The van der Waals surface area contributed by atoms with Gasteiger partial charge in [-0.3, -0.25) is 0 Å². The molecule has 5 heteroatoms. The van der Waals surface area contributed by atoms with Crippen LogP contribution in [-0.4, -0.2) is 41.6 Å². The number of hydrogen-bond donors (Lipinski definition) is 2. The summed E-state index contributed by atoms with van der Waals surface area (Å²) in [6.45, 7) is 2.74. The van der Waals surface area contributed by atoms with Gasteiger partial charge in [0.2, 0.25) is 0 Å². The number of rotatable bonds is 7. The molecule has 110 valence electrons. The minimum Gasteiger partial charge on any atom is -0.480 e. The van der Waals surface area contributed by atoms with Crippen molar-refractivity contribution >= 4 is 12.0 Å². The number of carboxylic acids is 1. The van der Waals surface area contributed by atoms with Crippen molar-refractivity contribution in [3.8, 4) is 0 Å². The van der Waals surface area contributed by atoms with Crippen LogP contribution in [0.15, 0.2) is 0 Å². The highest BCUT2D eigenvalue weighted by molar-refractivity contribution is 5.82. The first-order valence-electron chi connectivity index (χ1n) is 7.29. The maximum absolute atomic E-state index is 12.0. The summed E-state index contributed by atoms with van der Waals surface area (Å²) in [4.78, 5) is 24.7. The summed E-state index contributed by atoms with van der Waals surface area (Å²) in [5, 5.41) is 11.7. The molecule has 5 nitrogen and oxygen atoms in total. The smallest absolute Gasteiger partial charge is 0.326 e. The molecule has 19 heavy (non-hydrogen) atoms. The van der Waals surface area contributed by atoms with Crippen LogP contribution in [0.2, 0.25) is 0 Å². The van der Waals surface area contributed by atoms with Crippen LogP contribution >= 0.6 is 0 Å². The van der Waals surface area contributed by atoms with Gasteiger partial charge in [0, 0.05) is 13.6 Å². The highest BCUT2D eigenvalue weighted by Gasteiger charge is 2.23. The molecule has 0 radical (unpaired) electrons. The molecule has 0 aromatic heterocycles. The number of nitrogens with zero attached hydrogens (tertiary/aromatic N) is 1. The van der Waals surface area contributed by atoms with E-state index in [1.807, 2.05) is 6.92 Å². The number of carboxylic acid groups (broad SMARTS) is 1. The monoisotopic (exact) mass is 270 g/mol. The molecule has 0 spiro atoms. The van der Waals surface area contributed by atoms with E-state index in [2.05, 4.69) is 5.32 Å². The van der Waals surface area contributed by atoms with Gasteiger partial charge < -0.3 is 15.3 Å². The lowest BCUT2D eigenvalue weighted by molar-refractivity contribution is -0.139. The molecule has 0 heterocycles. The summed E-state index contributed by atoms with van der Waals surface area (Å²) in [5.74, 6) is -0.370. The summed E-state index contributed by atoms with van der Waals surface area (Å²) in [6.07, 6.45) is 7.07. The molecular weight excluding hydrogens is 244 g/mol. The van der Waals surface area contributed by atoms with Gasteiger partial charge in [0.15, 0.2) is 0 Å². The molecule has 0 saturated heterocycles. The summed E-state index contributed by atoms with van der Waals surface area (Å²) in [5.41, 5.74) is 0. The molecule has 1 atom stereocenters. The maximum atomic E-state index is 12.0. The van der Waals surface area contributed by atoms with Gasteiger partial charge >= 0.3 is 12.0 Å². The molecule has 1 unspecified atom stereocenters. The summed E-state index contributed by atoms with van der Waals surface area (Å²) in [7, 11) is 1.74. The Morgan fingerprint density at radius 3 is 2.53 bits per heavy atom. The van der Waals surface area contributed by atoms with Crippen LogP contribution < -0.4 is 5.32 Å². The van der Waals surface area contributed by atoms with Crippen LogP contribution in [-0.2, 0) is 4.79 Å². The molecule has 1 rings (SSSR count). The number of unbranched alkanes of at least 4 members (excludes halogenated alkanes) is 1. The zero-order chi connectivity index (χ0) is 14.3. The van der Waals surface area contributed by atoms with Crippen molar-refractivity contribution in [1.29, 1.82) is 0 Å². The van der Waals surface area contributed by atoms with Crippen LogP contribution in [0.25, 0.3) is 0 Å². The van der Waals surface area contributed by atoms with E-state index in [4.69, 9.17) is 5.11 Å². The topological polar surface area (TPSA) is 69.6 Å². The molecule has 2 amide bonds. The molecule has 1 aliphatic carbocycles. The second kappa shape index (κ2) is 8.02. The lowest BCUT2D eigenvalue weighted by atomic mass is 10.1. The Kier molecular flexibility index (Phi) is 6.67. The molecular formula is C14H26N2O3. The van der Waals surface area contributed by atoms with E-state index in [0.29, 0.717) is 12.3 Å². The van der Waals surface area contributed by atoms with Crippen molar-refractivity contribution in [1.82, 2.24) is 10.2 Å². The number of urea groups is 1. The number of aliphatic carboxylic acids is 1. The van der Waals surface area contributed by atoms with Crippen LogP contribution in [0.5, 0.6) is 0 Å². The first-order chi connectivity index (χ1) is 9.04. The Bertz CT molecular complexity index is 301. The van der Waals surface area contributed by atoms with Gasteiger partial charge in [-0.1, -0.05) is 32.6 Å². The third-order valence-corrected chi connectivity index (χ3v) is 3.80. The highest BCUT2D eigenvalue weighted by atomic mass is 16.4. The predicted molar refractivity (Wildman–Crippen MR) is 74.1 cm³/mol. The van der Waals surface area contributed by atoms with E-state index in [9.17, 15) is 9.59 Å². The van der Waals surface area contributed by atoms with Gasteiger partial charge in [0.1, 0.15) is 6.04 Å². The fourth-order valence-electron chi connectivity index (χ4n) is 2.59. The van der Waals surface area contributed by atoms with Crippen molar-refractivity contribution in [2.75, 3.05) is 13.6 Å². The third kappa shape index (κ3) is 5.49. The molecule has 0 bridgehead atoms. The minimum absolute atomic E-state index is 0.268. The second-order valence-electron chi connectivity index (χ2n) is 5.51. The van der Waals surface area contributed by atoms with Crippen molar-refractivity contribution in [2.24, 2.45) is 5.92 Å². The molecule has 2 N–H and O–H groups in total. The zero-order valence-corrected chi connectivity index (χ0v) is 12.0. The quantitative estimate of drug-likeness (QED) is 0.746. The lowest BCUT2D eigenvalue weighted by Crippen LogP contribution is -2.47. The zero-order valence-electron chi connectivity index (χ0n) is 12.0. The number of amides is 2. The molecule has 1 saturated carbocycles. The Morgan fingerprint density at radius 1 is 1.37 bits per heavy atom. The fraction of sp³-hybridized carbons (Fsp3) is 0.857. The maximum Gasteiger partial charge on any atom is 0.326 e. The van der Waals surface area contributed by atoms with Crippen LogP contribution in [0.1, 0.15) is 51.9 Å². The Labute approximate surface area is 115 Å². The fourth-order valence-corrected chi connectivity index (χ4v) is 2.59. The Hall–Kier alpha value is -1.26. The molecule has 0 aromatic carbocycles. The van der Waals surface area contributed by atoms with Gasteiger partial charge in [-0.25, -0.2) is 9.59 Å². The number of nitrogens with one attached hydrogen (secondary N) is 1. The standard InChI is InChI=1S/C14H26N2O3/c1-3-4-9-12(13(17)18)15-14(19)16(2)10-11-7-5-6-8-11/h11-12H,3-10H2,1-2H3,(H,15,19)(H,17,18). The van der Waals surface area contributed by atoms with E-state index in [1.165, 1.54) is 25.7 Å². The van der Waals surface area contributed by atoms with Crippen LogP contribution in [0.3, 0.4) is 0 Å². The van der Waals surface area contributed by atoms with Gasteiger partial charge in [-0.2, -0.15) is 0 Å². The average molecular weight is 270 g/mol. The number of hydrogen-bond acceptors (Lipinski definition) is 2. The summed E-state index contributed by atoms with van der Waals surface area (Å²) < 4.78 is 0. The molecule has 1 fully saturated rings. The lowest BCUT2D eigenvalue weighted by Gasteiger charge is -2.23. The Morgan fingerprint density at radius 2 is 2.00 bits per heavy atom. The molecule has 1 aliphatic rings. The molecule has 0 aromatic rings. The summed E-state index contributed by atoms with van der Waals surface area (Å²) in [6, 6.07) is -1.03. The van der Waals surface area contributed by atoms with E-state index in [0.717, 1.165) is 19.4 Å². The van der Waals surface area contributed by atoms with E-state index >= 15 is 0 Å². The largest absolute Gasteiger partial charge is 0.480 e. The SMILES string of the molecule is CCCCC(NC(=O)N(C)CC1CCCC1)C(=O)O. The predicted octanol–water partition coefficient (Wildman–Crippen LogP) is 2.46. The highest BCUT2D eigenvalue weighted by Crippen LogP contribution is 2.25. The molecule has 0 aliphatic heterocycles. The summed E-state index contributed by atoms with van der Waals surface area (Å²) >= 11 is 0. The minimum atomic E-state index is -0.948. The van der Waals surface area contributed by atoms with Gasteiger partial charge in [0.05, 0.1) is 0 Å². The van der Waals surface area contributed by atoms with Gasteiger partial charge in [-0.05, 0) is 25.2 Å². The first kappa shape index (κ1) is 15.8. The second-order valence-corrected chi connectivity index (χ2v) is 5.51. The van der Waals surface area contributed by atoms with Crippen LogP contribution in [0, 0.1) is 5.92 Å².